The summed E-state index contributed by atoms with van der Waals surface area (Å²) in [6.07, 6.45) is 1.55. The maximum atomic E-state index is 9.13. The van der Waals surface area contributed by atoms with Gasteiger partial charge in [0.15, 0.2) is 5.82 Å². The quantitative estimate of drug-likeness (QED) is 0.636. The smallest absolute Gasteiger partial charge is 0.224 e. The molecule has 0 aliphatic heterocycles. The van der Waals surface area contributed by atoms with E-state index in [-0.39, 0.29) is 11.9 Å². The van der Waals surface area contributed by atoms with Crippen LogP contribution in [0.1, 0.15) is 5.56 Å². The van der Waals surface area contributed by atoms with Crippen molar-refractivity contribution in [2.75, 3.05) is 5.32 Å². The molecular formula is C14H11Cl2N5O. The van der Waals surface area contributed by atoms with Gasteiger partial charge in [-0.15, -0.1) is 0 Å². The molecule has 1 aromatic carbocycles. The second-order valence-corrected chi connectivity index (χ2v) is 5.21. The Balaban J connectivity index is 1.83. The van der Waals surface area contributed by atoms with Crippen LogP contribution in [0, 0.1) is 0 Å². The van der Waals surface area contributed by atoms with E-state index in [1.165, 1.54) is 0 Å². The minimum absolute atomic E-state index is 0.0939. The first-order valence-corrected chi connectivity index (χ1v) is 7.12. The van der Waals surface area contributed by atoms with Gasteiger partial charge in [-0.3, -0.25) is 5.10 Å². The predicted molar refractivity (Wildman–Crippen MR) is 85.3 cm³/mol. The van der Waals surface area contributed by atoms with Crippen molar-refractivity contribution in [1.29, 1.82) is 0 Å². The zero-order chi connectivity index (χ0) is 15.5. The summed E-state index contributed by atoms with van der Waals surface area (Å²) in [5.41, 5.74) is 2.33. The van der Waals surface area contributed by atoms with E-state index in [9.17, 15) is 0 Å². The predicted octanol–water partition coefficient (Wildman–Crippen LogP) is 3.41. The summed E-state index contributed by atoms with van der Waals surface area (Å²) in [5, 5.41) is 19.9. The molecule has 0 fully saturated rings. The van der Waals surface area contributed by atoms with E-state index < -0.39 is 0 Å². The zero-order valence-electron chi connectivity index (χ0n) is 11.2. The van der Waals surface area contributed by atoms with Crippen LogP contribution in [0.2, 0.25) is 10.3 Å². The molecule has 0 atom stereocenters. The molecule has 2 heterocycles. The highest BCUT2D eigenvalue weighted by molar-refractivity contribution is 6.31. The molecule has 22 heavy (non-hydrogen) atoms. The van der Waals surface area contributed by atoms with E-state index in [1.54, 1.807) is 24.4 Å². The van der Waals surface area contributed by atoms with Gasteiger partial charge in [-0.1, -0.05) is 23.7 Å². The first kappa shape index (κ1) is 14.8. The fraction of sp³-hybridized carbons (Fsp3) is 0.0714. The lowest BCUT2D eigenvalue weighted by Gasteiger charge is -2.03. The maximum Gasteiger partial charge on any atom is 0.224 e. The number of halogens is 2. The van der Waals surface area contributed by atoms with E-state index in [4.69, 9.17) is 28.3 Å². The third-order valence-electron chi connectivity index (χ3n) is 2.99. The highest BCUT2D eigenvalue weighted by Crippen LogP contribution is 2.26. The molecular weight excluding hydrogens is 325 g/mol. The number of anilines is 2. The standard InChI is InChI=1S/C14H11Cl2N5O/c15-10-5-8(1-2-9(10)7-22)11-6-13(21-20-11)18-12-3-4-17-14(16)19-12/h1-6,22H,7H2,(H2,17,18,19,20,21). The van der Waals surface area contributed by atoms with E-state index in [2.05, 4.69) is 25.5 Å². The largest absolute Gasteiger partial charge is 0.392 e. The number of hydrogen-bond acceptors (Lipinski definition) is 5. The number of H-pyrrole nitrogens is 1. The van der Waals surface area contributed by atoms with Gasteiger partial charge in [0.1, 0.15) is 5.82 Å². The number of nitrogens with zero attached hydrogens (tertiary/aromatic N) is 3. The van der Waals surface area contributed by atoms with Gasteiger partial charge in [-0.05, 0) is 29.3 Å². The molecule has 112 valence electrons. The summed E-state index contributed by atoms with van der Waals surface area (Å²) < 4.78 is 0. The van der Waals surface area contributed by atoms with Gasteiger partial charge >= 0.3 is 0 Å². The first-order valence-electron chi connectivity index (χ1n) is 6.36. The summed E-state index contributed by atoms with van der Waals surface area (Å²) in [6, 6.07) is 8.91. The maximum absolute atomic E-state index is 9.13. The summed E-state index contributed by atoms with van der Waals surface area (Å²) in [7, 11) is 0. The van der Waals surface area contributed by atoms with Crippen LogP contribution in [-0.4, -0.2) is 25.3 Å². The summed E-state index contributed by atoms with van der Waals surface area (Å²) in [4.78, 5) is 7.84. The first-order chi connectivity index (χ1) is 10.7. The van der Waals surface area contributed by atoms with Gasteiger partial charge in [0.05, 0.1) is 12.3 Å². The topological polar surface area (TPSA) is 86.7 Å². The number of aromatic amines is 1. The fourth-order valence-corrected chi connectivity index (χ4v) is 2.30. The van der Waals surface area contributed by atoms with Crippen LogP contribution < -0.4 is 5.32 Å². The van der Waals surface area contributed by atoms with Gasteiger partial charge in [0, 0.05) is 22.8 Å². The van der Waals surface area contributed by atoms with Crippen LogP contribution in [-0.2, 0) is 6.61 Å². The minimum atomic E-state index is -0.0939. The summed E-state index contributed by atoms with van der Waals surface area (Å²) >= 11 is 11.8. The normalized spacial score (nSPS) is 10.7. The van der Waals surface area contributed by atoms with Crippen LogP contribution in [0.3, 0.4) is 0 Å². The molecule has 0 saturated heterocycles. The molecule has 0 aliphatic carbocycles. The Labute approximate surface area is 136 Å². The van der Waals surface area contributed by atoms with E-state index in [0.717, 1.165) is 11.3 Å². The molecule has 0 radical (unpaired) electrons. The van der Waals surface area contributed by atoms with Crippen molar-refractivity contribution >= 4 is 34.8 Å². The number of nitrogens with one attached hydrogen (secondary N) is 2. The molecule has 0 bridgehead atoms. The average molecular weight is 336 g/mol. The third kappa shape index (κ3) is 3.19. The minimum Gasteiger partial charge on any atom is -0.392 e. The van der Waals surface area contributed by atoms with Crippen LogP contribution in [0.25, 0.3) is 11.3 Å². The van der Waals surface area contributed by atoms with Crippen LogP contribution in [0.4, 0.5) is 11.6 Å². The second kappa shape index (κ2) is 6.31. The number of aliphatic hydroxyl groups is 1. The monoisotopic (exact) mass is 335 g/mol. The van der Waals surface area contributed by atoms with Gasteiger partial charge in [-0.25, -0.2) is 9.97 Å². The average Bonchev–Trinajstić information content (AvgIpc) is 2.95. The molecule has 3 aromatic rings. The molecule has 3 N–H and O–H groups in total. The Bertz CT molecular complexity index is 805. The molecule has 2 aromatic heterocycles. The van der Waals surface area contributed by atoms with Crippen molar-refractivity contribution in [3.05, 3.63) is 52.4 Å². The van der Waals surface area contributed by atoms with Crippen LogP contribution >= 0.6 is 23.2 Å². The Kier molecular flexibility index (Phi) is 4.24. The molecule has 0 unspecified atom stereocenters. The van der Waals surface area contributed by atoms with Gasteiger partial charge < -0.3 is 10.4 Å². The lowest BCUT2D eigenvalue weighted by molar-refractivity contribution is 0.282. The lowest BCUT2D eigenvalue weighted by atomic mass is 10.1. The number of benzene rings is 1. The molecule has 3 rings (SSSR count). The van der Waals surface area contributed by atoms with Gasteiger partial charge in [0.25, 0.3) is 0 Å². The molecule has 0 spiro atoms. The molecule has 6 nitrogen and oxygen atoms in total. The molecule has 0 saturated carbocycles. The van der Waals surface area contributed by atoms with Gasteiger partial charge in [0.2, 0.25) is 5.28 Å². The molecule has 8 heteroatoms. The van der Waals surface area contributed by atoms with Crippen molar-refractivity contribution in [3.63, 3.8) is 0 Å². The third-order valence-corrected chi connectivity index (χ3v) is 3.53. The second-order valence-electron chi connectivity index (χ2n) is 4.47. The van der Waals surface area contributed by atoms with Crippen molar-refractivity contribution in [2.45, 2.75) is 6.61 Å². The van der Waals surface area contributed by atoms with Crippen LogP contribution in [0.15, 0.2) is 36.5 Å². The Morgan fingerprint density at radius 2 is 2.00 bits per heavy atom. The number of hydrogen-bond donors (Lipinski definition) is 3. The van der Waals surface area contributed by atoms with Crippen molar-refractivity contribution in [3.8, 4) is 11.3 Å². The highest BCUT2D eigenvalue weighted by atomic mass is 35.5. The van der Waals surface area contributed by atoms with E-state index >= 15 is 0 Å². The Hall–Kier alpha value is -2.15. The number of rotatable bonds is 4. The Morgan fingerprint density at radius 3 is 2.73 bits per heavy atom. The number of aliphatic hydroxyl groups excluding tert-OH is 1. The lowest BCUT2D eigenvalue weighted by Crippen LogP contribution is -1.94. The number of aromatic nitrogens is 4. The summed E-state index contributed by atoms with van der Waals surface area (Å²) in [6.45, 7) is -0.0939. The Morgan fingerprint density at radius 1 is 1.14 bits per heavy atom. The zero-order valence-corrected chi connectivity index (χ0v) is 12.7. The van der Waals surface area contributed by atoms with Crippen LogP contribution in [0.5, 0.6) is 0 Å². The summed E-state index contributed by atoms with van der Waals surface area (Å²) in [5.74, 6) is 1.14. The van der Waals surface area contributed by atoms with Gasteiger partial charge in [-0.2, -0.15) is 5.10 Å². The highest BCUT2D eigenvalue weighted by Gasteiger charge is 2.07. The van der Waals surface area contributed by atoms with Crippen molar-refractivity contribution < 1.29 is 5.11 Å². The SMILES string of the molecule is OCc1ccc(-c2cc(Nc3ccnc(Cl)n3)n[nH]2)cc1Cl. The van der Waals surface area contributed by atoms with Crippen molar-refractivity contribution in [2.24, 2.45) is 0 Å². The van der Waals surface area contributed by atoms with E-state index in [0.29, 0.717) is 22.2 Å². The van der Waals surface area contributed by atoms with E-state index in [1.807, 2.05) is 12.1 Å². The molecule has 0 amide bonds. The fourth-order valence-electron chi connectivity index (χ4n) is 1.91. The molecule has 0 aliphatic rings. The van der Waals surface area contributed by atoms with Crippen molar-refractivity contribution in [1.82, 2.24) is 20.2 Å².